The average molecular weight is 227 g/mol. The highest BCUT2D eigenvalue weighted by Crippen LogP contribution is 2.29. The second-order valence-electron chi connectivity index (χ2n) is 5.29. The van der Waals surface area contributed by atoms with Gasteiger partial charge in [-0.15, -0.1) is 0 Å². The van der Waals surface area contributed by atoms with Crippen LogP contribution in [-0.2, 0) is 9.53 Å². The molecule has 3 heteroatoms. The minimum Gasteiger partial charge on any atom is -0.469 e. The van der Waals surface area contributed by atoms with E-state index in [0.29, 0.717) is 0 Å². The number of hydrogen-bond donors (Lipinski definition) is 1. The van der Waals surface area contributed by atoms with Gasteiger partial charge in [-0.1, -0.05) is 20.3 Å². The SMILES string of the molecule is COC(=O)C(C)C(C)NCC1CCC(C)C1. The Balaban J connectivity index is 2.24. The zero-order valence-corrected chi connectivity index (χ0v) is 11.0. The van der Waals surface area contributed by atoms with Crippen molar-refractivity contribution in [3.63, 3.8) is 0 Å². The average Bonchev–Trinajstić information content (AvgIpc) is 2.69. The summed E-state index contributed by atoms with van der Waals surface area (Å²) < 4.78 is 4.74. The van der Waals surface area contributed by atoms with Crippen molar-refractivity contribution < 1.29 is 9.53 Å². The van der Waals surface area contributed by atoms with Crippen LogP contribution in [0.3, 0.4) is 0 Å². The molecule has 0 amide bonds. The lowest BCUT2D eigenvalue weighted by atomic mass is 10.0. The van der Waals surface area contributed by atoms with Crippen LogP contribution in [0.1, 0.15) is 40.0 Å². The number of carbonyl (C=O) groups is 1. The summed E-state index contributed by atoms with van der Waals surface area (Å²) in [6.45, 7) is 7.33. The van der Waals surface area contributed by atoms with Crippen molar-refractivity contribution >= 4 is 5.97 Å². The molecule has 0 spiro atoms. The van der Waals surface area contributed by atoms with E-state index in [0.717, 1.165) is 18.4 Å². The van der Waals surface area contributed by atoms with Crippen molar-refractivity contribution in [1.82, 2.24) is 5.32 Å². The summed E-state index contributed by atoms with van der Waals surface area (Å²) in [7, 11) is 1.45. The summed E-state index contributed by atoms with van der Waals surface area (Å²) in [6, 6.07) is 0.198. The fourth-order valence-corrected chi connectivity index (χ4v) is 2.43. The Morgan fingerprint density at radius 1 is 1.44 bits per heavy atom. The van der Waals surface area contributed by atoms with Gasteiger partial charge in [0.05, 0.1) is 13.0 Å². The molecule has 4 unspecified atom stereocenters. The maximum atomic E-state index is 11.3. The van der Waals surface area contributed by atoms with Crippen LogP contribution in [-0.4, -0.2) is 25.7 Å². The topological polar surface area (TPSA) is 38.3 Å². The Bertz CT molecular complexity index is 230. The zero-order valence-electron chi connectivity index (χ0n) is 11.0. The molecule has 0 radical (unpaired) electrons. The third-order valence-electron chi connectivity index (χ3n) is 3.85. The van der Waals surface area contributed by atoms with E-state index in [1.54, 1.807) is 0 Å². The van der Waals surface area contributed by atoms with Crippen LogP contribution in [0.15, 0.2) is 0 Å². The summed E-state index contributed by atoms with van der Waals surface area (Å²) >= 11 is 0. The quantitative estimate of drug-likeness (QED) is 0.732. The van der Waals surface area contributed by atoms with Gasteiger partial charge in [0.2, 0.25) is 0 Å². The van der Waals surface area contributed by atoms with E-state index in [9.17, 15) is 4.79 Å². The number of nitrogens with one attached hydrogen (secondary N) is 1. The first-order valence-electron chi connectivity index (χ1n) is 6.35. The van der Waals surface area contributed by atoms with E-state index in [4.69, 9.17) is 4.74 Å². The monoisotopic (exact) mass is 227 g/mol. The standard InChI is InChI=1S/C13H25NO2/c1-9-5-6-12(7-9)8-14-11(3)10(2)13(15)16-4/h9-12,14H,5-8H2,1-4H3. The Kier molecular flexibility index (Phi) is 5.26. The number of hydrogen-bond acceptors (Lipinski definition) is 3. The fourth-order valence-electron chi connectivity index (χ4n) is 2.43. The van der Waals surface area contributed by atoms with E-state index in [1.165, 1.54) is 26.4 Å². The molecule has 1 rings (SSSR count). The van der Waals surface area contributed by atoms with Gasteiger partial charge in [0.1, 0.15) is 0 Å². The van der Waals surface area contributed by atoms with Crippen LogP contribution < -0.4 is 5.32 Å². The van der Waals surface area contributed by atoms with Crippen LogP contribution in [0.5, 0.6) is 0 Å². The summed E-state index contributed by atoms with van der Waals surface area (Å²) in [5.74, 6) is 1.48. The van der Waals surface area contributed by atoms with Gasteiger partial charge in [-0.25, -0.2) is 0 Å². The highest BCUT2D eigenvalue weighted by molar-refractivity contribution is 5.72. The largest absolute Gasteiger partial charge is 0.469 e. The molecule has 0 aromatic carbocycles. The molecule has 0 saturated heterocycles. The second kappa shape index (κ2) is 6.24. The highest BCUT2D eigenvalue weighted by Gasteiger charge is 2.24. The smallest absolute Gasteiger partial charge is 0.309 e. The first kappa shape index (κ1) is 13.5. The van der Waals surface area contributed by atoms with Crippen LogP contribution in [0, 0.1) is 17.8 Å². The molecule has 1 aliphatic rings. The summed E-state index contributed by atoms with van der Waals surface area (Å²) in [5.41, 5.74) is 0. The van der Waals surface area contributed by atoms with Gasteiger partial charge in [0.15, 0.2) is 0 Å². The first-order valence-corrected chi connectivity index (χ1v) is 6.35. The molecule has 0 aliphatic heterocycles. The Hall–Kier alpha value is -0.570. The maximum absolute atomic E-state index is 11.3. The molecule has 1 saturated carbocycles. The molecule has 94 valence electrons. The predicted octanol–water partition coefficient (Wildman–Crippen LogP) is 2.21. The predicted molar refractivity (Wildman–Crippen MR) is 65.1 cm³/mol. The molecular weight excluding hydrogens is 202 g/mol. The molecule has 0 bridgehead atoms. The molecule has 1 aliphatic carbocycles. The summed E-state index contributed by atoms with van der Waals surface area (Å²) in [5, 5.41) is 3.46. The van der Waals surface area contributed by atoms with Crippen LogP contribution >= 0.6 is 0 Å². The van der Waals surface area contributed by atoms with Gasteiger partial charge in [0, 0.05) is 6.04 Å². The van der Waals surface area contributed by atoms with Gasteiger partial charge in [-0.3, -0.25) is 4.79 Å². The normalized spacial score (nSPS) is 28.8. The van der Waals surface area contributed by atoms with E-state index in [-0.39, 0.29) is 17.9 Å². The number of esters is 1. The minimum absolute atomic E-state index is 0.0659. The molecule has 16 heavy (non-hydrogen) atoms. The van der Waals surface area contributed by atoms with Crippen LogP contribution in [0.4, 0.5) is 0 Å². The van der Waals surface area contributed by atoms with Crippen LogP contribution in [0.25, 0.3) is 0 Å². The maximum Gasteiger partial charge on any atom is 0.309 e. The van der Waals surface area contributed by atoms with Gasteiger partial charge < -0.3 is 10.1 Å². The van der Waals surface area contributed by atoms with Crippen LogP contribution in [0.2, 0.25) is 0 Å². The van der Waals surface area contributed by atoms with E-state index in [1.807, 2.05) is 6.92 Å². The third-order valence-corrected chi connectivity index (χ3v) is 3.85. The molecule has 3 nitrogen and oxygen atoms in total. The minimum atomic E-state index is -0.125. The molecule has 0 heterocycles. The highest BCUT2D eigenvalue weighted by atomic mass is 16.5. The fraction of sp³-hybridized carbons (Fsp3) is 0.923. The first-order chi connectivity index (χ1) is 7.54. The van der Waals surface area contributed by atoms with Crippen molar-refractivity contribution in [3.8, 4) is 0 Å². The van der Waals surface area contributed by atoms with Crippen molar-refractivity contribution in [1.29, 1.82) is 0 Å². The number of rotatable bonds is 5. The molecule has 0 aromatic rings. The summed E-state index contributed by atoms with van der Waals surface area (Å²) in [4.78, 5) is 11.3. The third kappa shape index (κ3) is 3.78. The van der Waals surface area contributed by atoms with Crippen molar-refractivity contribution in [2.75, 3.05) is 13.7 Å². The number of ether oxygens (including phenoxy) is 1. The van der Waals surface area contributed by atoms with Gasteiger partial charge in [-0.05, 0) is 38.1 Å². The Morgan fingerprint density at radius 3 is 2.62 bits per heavy atom. The van der Waals surface area contributed by atoms with Gasteiger partial charge in [0.25, 0.3) is 0 Å². The van der Waals surface area contributed by atoms with Crippen molar-refractivity contribution in [3.05, 3.63) is 0 Å². The molecule has 1 N–H and O–H groups in total. The zero-order chi connectivity index (χ0) is 12.1. The number of methoxy groups -OCH3 is 1. The van der Waals surface area contributed by atoms with E-state index in [2.05, 4.69) is 19.2 Å². The Morgan fingerprint density at radius 2 is 2.12 bits per heavy atom. The number of carbonyl (C=O) groups excluding carboxylic acids is 1. The lowest BCUT2D eigenvalue weighted by Gasteiger charge is -2.21. The molecule has 4 atom stereocenters. The van der Waals surface area contributed by atoms with Gasteiger partial charge in [-0.2, -0.15) is 0 Å². The van der Waals surface area contributed by atoms with E-state index < -0.39 is 0 Å². The van der Waals surface area contributed by atoms with Crippen molar-refractivity contribution in [2.45, 2.75) is 46.1 Å². The lowest BCUT2D eigenvalue weighted by molar-refractivity contribution is -0.145. The van der Waals surface area contributed by atoms with Crippen molar-refractivity contribution in [2.24, 2.45) is 17.8 Å². The lowest BCUT2D eigenvalue weighted by Crippen LogP contribution is -2.39. The Labute approximate surface area is 98.9 Å². The second-order valence-corrected chi connectivity index (χ2v) is 5.29. The summed E-state index contributed by atoms with van der Waals surface area (Å²) in [6.07, 6.45) is 4.01. The molecule has 0 aromatic heterocycles. The molecule has 1 fully saturated rings. The molecular formula is C13H25NO2. The van der Waals surface area contributed by atoms with Gasteiger partial charge >= 0.3 is 5.97 Å². The van der Waals surface area contributed by atoms with E-state index >= 15 is 0 Å².